The number of piperidine rings is 1. The van der Waals surface area contributed by atoms with Crippen LogP contribution in [0.2, 0.25) is 10.0 Å². The molecule has 5 rings (SSSR count). The highest BCUT2D eigenvalue weighted by atomic mass is 35.5. The van der Waals surface area contributed by atoms with E-state index in [1.54, 1.807) is 35.6 Å². The van der Waals surface area contributed by atoms with Crippen LogP contribution in [0.15, 0.2) is 34.4 Å². The van der Waals surface area contributed by atoms with Gasteiger partial charge in [-0.1, -0.05) is 29.3 Å². The van der Waals surface area contributed by atoms with Crippen LogP contribution >= 0.6 is 34.5 Å². The minimum atomic E-state index is -0.178. The largest absolute Gasteiger partial charge is 0.356 e. The first kappa shape index (κ1) is 20.0. The summed E-state index contributed by atoms with van der Waals surface area (Å²) >= 11 is 14.2. The molecule has 1 aliphatic heterocycles. The molecule has 3 aromatic rings. The van der Waals surface area contributed by atoms with Gasteiger partial charge in [0.25, 0.3) is 5.56 Å². The number of aryl methyl sites for hydroxylation is 2. The fourth-order valence-electron chi connectivity index (χ4n) is 4.90. The number of aromatic nitrogens is 3. The van der Waals surface area contributed by atoms with E-state index in [2.05, 4.69) is 10.3 Å². The Balaban J connectivity index is 1.43. The van der Waals surface area contributed by atoms with E-state index in [4.69, 9.17) is 38.9 Å². The Morgan fingerprint density at radius 3 is 2.57 bits per heavy atom. The molecule has 2 N–H and O–H groups in total. The molecule has 0 amide bonds. The zero-order chi connectivity index (χ0) is 21.2. The number of fused-ring (bicyclic) bond motifs is 1. The molecule has 2 unspecified atom stereocenters. The van der Waals surface area contributed by atoms with Gasteiger partial charge in [-0.2, -0.15) is 0 Å². The average molecular weight is 462 g/mol. The molecule has 1 aliphatic carbocycles. The van der Waals surface area contributed by atoms with Crippen molar-refractivity contribution < 1.29 is 0 Å². The maximum Gasteiger partial charge on any atom is 0.260 e. The molecule has 9 heteroatoms. The number of hydrogen-bond acceptors (Lipinski definition) is 6. The van der Waals surface area contributed by atoms with Crippen LogP contribution in [-0.2, 0) is 5.41 Å². The Morgan fingerprint density at radius 2 is 1.97 bits per heavy atom. The van der Waals surface area contributed by atoms with E-state index in [9.17, 15) is 4.79 Å². The molecule has 156 valence electrons. The molecule has 0 spiro atoms. The maximum atomic E-state index is 12.9. The summed E-state index contributed by atoms with van der Waals surface area (Å²) in [6, 6.07) is 6.80. The first-order valence-corrected chi connectivity index (χ1v) is 11.4. The molecule has 2 atom stereocenters. The quantitative estimate of drug-likeness (QED) is 0.642. The predicted octanol–water partition coefficient (Wildman–Crippen LogP) is 3.58. The fourth-order valence-corrected chi connectivity index (χ4v) is 6.42. The third-order valence-corrected chi connectivity index (χ3v) is 8.42. The summed E-state index contributed by atoms with van der Waals surface area (Å²) < 4.78 is 1.50. The van der Waals surface area contributed by atoms with Gasteiger partial charge in [0.1, 0.15) is 16.6 Å². The van der Waals surface area contributed by atoms with Gasteiger partial charge in [0, 0.05) is 42.2 Å². The molecule has 0 bridgehead atoms. The SMILES string of the molecule is Cc1csc(C2(CN)C3CN(c4cc(=O)n(-c5cccc(Cl)c5Cl)c(C)n4)CC32)n1. The normalized spacial score (nSPS) is 24.9. The van der Waals surface area contributed by atoms with Crippen molar-refractivity contribution in [2.24, 2.45) is 17.6 Å². The second-order valence-electron chi connectivity index (χ2n) is 8.06. The lowest BCUT2D eigenvalue weighted by Gasteiger charge is -2.26. The summed E-state index contributed by atoms with van der Waals surface area (Å²) in [6.45, 7) is 6.08. The first-order chi connectivity index (χ1) is 14.4. The van der Waals surface area contributed by atoms with Crippen molar-refractivity contribution in [1.29, 1.82) is 0 Å². The van der Waals surface area contributed by atoms with Gasteiger partial charge in [0.2, 0.25) is 0 Å². The molecule has 1 saturated heterocycles. The predicted molar refractivity (Wildman–Crippen MR) is 121 cm³/mol. The minimum absolute atomic E-state index is 0.0201. The van der Waals surface area contributed by atoms with Crippen LogP contribution in [0.1, 0.15) is 16.5 Å². The summed E-state index contributed by atoms with van der Waals surface area (Å²) in [6.07, 6.45) is 0. The number of anilines is 1. The van der Waals surface area contributed by atoms with Crippen LogP contribution in [0.5, 0.6) is 0 Å². The highest BCUT2D eigenvalue weighted by Crippen LogP contribution is 2.63. The van der Waals surface area contributed by atoms with Gasteiger partial charge >= 0.3 is 0 Å². The van der Waals surface area contributed by atoms with Crippen molar-refractivity contribution in [3.05, 3.63) is 66.6 Å². The van der Waals surface area contributed by atoms with E-state index in [1.807, 2.05) is 13.8 Å². The number of hydrogen-bond donors (Lipinski definition) is 1. The molecule has 1 aromatic carbocycles. The highest BCUT2D eigenvalue weighted by Gasteiger charge is 2.69. The van der Waals surface area contributed by atoms with E-state index in [-0.39, 0.29) is 11.0 Å². The molecule has 3 heterocycles. The van der Waals surface area contributed by atoms with E-state index in [0.717, 1.165) is 23.8 Å². The lowest BCUT2D eigenvalue weighted by molar-refractivity contribution is 0.548. The smallest absolute Gasteiger partial charge is 0.260 e. The molecule has 6 nitrogen and oxygen atoms in total. The van der Waals surface area contributed by atoms with E-state index >= 15 is 0 Å². The summed E-state index contributed by atoms with van der Waals surface area (Å²) in [5, 5.41) is 3.98. The van der Waals surface area contributed by atoms with Crippen molar-refractivity contribution >= 4 is 40.4 Å². The lowest BCUT2D eigenvalue weighted by Crippen LogP contribution is -2.36. The molecule has 0 radical (unpaired) electrons. The van der Waals surface area contributed by atoms with Crippen molar-refractivity contribution in [2.45, 2.75) is 19.3 Å². The zero-order valence-corrected chi connectivity index (χ0v) is 18.9. The molecule has 2 aliphatic rings. The zero-order valence-electron chi connectivity index (χ0n) is 16.6. The van der Waals surface area contributed by atoms with Crippen LogP contribution in [0.25, 0.3) is 5.69 Å². The number of rotatable bonds is 4. The second-order valence-corrected chi connectivity index (χ2v) is 9.71. The standard InChI is InChI=1S/C21H21Cl2N5OS/c1-11-9-30-20(25-11)21(10-24)13-7-27(8-14(13)21)17-6-18(29)28(12(2)26-17)16-5-3-4-15(22)19(16)23/h3-6,9,13-14H,7-8,10,24H2,1-2H3. The second kappa shape index (κ2) is 7.05. The van der Waals surface area contributed by atoms with Gasteiger partial charge in [0.15, 0.2) is 0 Å². The Kier molecular flexibility index (Phi) is 4.70. The Hall–Kier alpha value is -1.93. The maximum absolute atomic E-state index is 12.9. The summed E-state index contributed by atoms with van der Waals surface area (Å²) in [5.74, 6) is 2.16. The summed E-state index contributed by atoms with van der Waals surface area (Å²) in [5.41, 5.74) is 7.59. The lowest BCUT2D eigenvalue weighted by atomic mass is 10.0. The van der Waals surface area contributed by atoms with Gasteiger partial charge in [-0.05, 0) is 37.8 Å². The van der Waals surface area contributed by atoms with E-state index in [1.165, 1.54) is 4.57 Å². The number of nitrogens with two attached hydrogens (primary N) is 1. The third-order valence-electron chi connectivity index (χ3n) is 6.46. The van der Waals surface area contributed by atoms with Crippen LogP contribution in [0, 0.1) is 25.7 Å². The van der Waals surface area contributed by atoms with Gasteiger partial charge in [-0.15, -0.1) is 11.3 Å². The van der Waals surface area contributed by atoms with Gasteiger partial charge in [0.05, 0.1) is 15.7 Å². The van der Waals surface area contributed by atoms with Crippen molar-refractivity contribution in [1.82, 2.24) is 14.5 Å². The Labute approximate surface area is 188 Å². The minimum Gasteiger partial charge on any atom is -0.356 e. The monoisotopic (exact) mass is 461 g/mol. The Morgan fingerprint density at radius 1 is 1.23 bits per heavy atom. The fraction of sp³-hybridized carbons (Fsp3) is 0.381. The van der Waals surface area contributed by atoms with Crippen molar-refractivity contribution in [3.63, 3.8) is 0 Å². The van der Waals surface area contributed by atoms with E-state index < -0.39 is 0 Å². The molecular weight excluding hydrogens is 441 g/mol. The highest BCUT2D eigenvalue weighted by molar-refractivity contribution is 7.09. The summed E-state index contributed by atoms with van der Waals surface area (Å²) in [4.78, 5) is 24.6. The Bertz CT molecular complexity index is 1190. The van der Waals surface area contributed by atoms with Crippen LogP contribution < -0.4 is 16.2 Å². The van der Waals surface area contributed by atoms with E-state index in [0.29, 0.717) is 45.8 Å². The third kappa shape index (κ3) is 2.83. The van der Waals surface area contributed by atoms with Gasteiger partial charge < -0.3 is 10.6 Å². The van der Waals surface area contributed by atoms with Crippen LogP contribution in [-0.4, -0.2) is 34.2 Å². The van der Waals surface area contributed by atoms with Gasteiger partial charge in [-0.3, -0.25) is 9.36 Å². The molecule has 2 aromatic heterocycles. The number of thiazole rings is 1. The number of benzene rings is 1. The number of nitrogens with zero attached hydrogens (tertiary/aromatic N) is 4. The molecular formula is C21H21Cl2N5OS. The number of halogens is 2. The summed E-state index contributed by atoms with van der Waals surface area (Å²) in [7, 11) is 0. The average Bonchev–Trinajstić information content (AvgIpc) is 3.06. The topological polar surface area (TPSA) is 77.0 Å². The first-order valence-electron chi connectivity index (χ1n) is 9.79. The van der Waals surface area contributed by atoms with Crippen molar-refractivity contribution in [2.75, 3.05) is 24.5 Å². The van der Waals surface area contributed by atoms with Crippen molar-refractivity contribution in [3.8, 4) is 5.69 Å². The molecule has 1 saturated carbocycles. The van der Waals surface area contributed by atoms with Crippen LogP contribution in [0.4, 0.5) is 5.82 Å². The van der Waals surface area contributed by atoms with Gasteiger partial charge in [-0.25, -0.2) is 9.97 Å². The molecule has 2 fully saturated rings. The van der Waals surface area contributed by atoms with Crippen LogP contribution in [0.3, 0.4) is 0 Å². The molecule has 30 heavy (non-hydrogen) atoms.